The topological polar surface area (TPSA) is 55.6 Å². The third-order valence-corrected chi connectivity index (χ3v) is 3.11. The molecule has 0 aliphatic carbocycles. The molecule has 0 aliphatic heterocycles. The van der Waals surface area contributed by atoms with Gasteiger partial charge < -0.3 is 5.32 Å². The van der Waals surface area contributed by atoms with Crippen LogP contribution in [-0.4, -0.2) is 26.8 Å². The molecule has 6 heteroatoms. The molecule has 1 N–H and O–H groups in total. The fraction of sp³-hybridized carbons (Fsp3) is 0.364. The van der Waals surface area contributed by atoms with Gasteiger partial charge in [-0.25, -0.2) is 9.97 Å². The van der Waals surface area contributed by atoms with Crippen molar-refractivity contribution < 1.29 is 0 Å². The summed E-state index contributed by atoms with van der Waals surface area (Å²) < 4.78 is 2.92. The lowest BCUT2D eigenvalue weighted by Gasteiger charge is -2.03. The van der Waals surface area contributed by atoms with Crippen molar-refractivity contribution >= 4 is 28.4 Å². The van der Waals surface area contributed by atoms with Gasteiger partial charge in [0.15, 0.2) is 5.82 Å². The zero-order valence-corrected chi connectivity index (χ0v) is 12.0. The van der Waals surface area contributed by atoms with Crippen molar-refractivity contribution in [2.45, 2.75) is 19.9 Å². The van der Waals surface area contributed by atoms with Crippen molar-refractivity contribution in [3.8, 4) is 11.4 Å². The normalized spacial score (nSPS) is 10.5. The summed E-state index contributed by atoms with van der Waals surface area (Å²) in [5, 5.41) is 7.33. The predicted molar refractivity (Wildman–Crippen MR) is 75.8 cm³/mol. The molecule has 0 spiro atoms. The molecule has 2 aromatic rings. The van der Waals surface area contributed by atoms with E-state index in [9.17, 15) is 0 Å². The van der Waals surface area contributed by atoms with Crippen molar-refractivity contribution in [3.05, 3.63) is 22.2 Å². The van der Waals surface area contributed by atoms with Gasteiger partial charge in [0.1, 0.15) is 5.82 Å². The van der Waals surface area contributed by atoms with Crippen molar-refractivity contribution in [2.75, 3.05) is 12.4 Å². The van der Waals surface area contributed by atoms with E-state index in [1.165, 1.54) is 0 Å². The molecule has 0 unspecified atom stereocenters. The maximum atomic E-state index is 4.45. The highest BCUT2D eigenvalue weighted by Gasteiger charge is 2.07. The maximum absolute atomic E-state index is 4.45. The first kappa shape index (κ1) is 12.3. The Balaban J connectivity index is 2.32. The van der Waals surface area contributed by atoms with E-state index in [1.807, 2.05) is 24.1 Å². The van der Waals surface area contributed by atoms with Gasteiger partial charge in [0.25, 0.3) is 0 Å². The summed E-state index contributed by atoms with van der Waals surface area (Å²) >= 11 is 2.21. The van der Waals surface area contributed by atoms with Crippen molar-refractivity contribution in [3.63, 3.8) is 0 Å². The van der Waals surface area contributed by atoms with E-state index in [-0.39, 0.29) is 0 Å². The fourth-order valence-electron chi connectivity index (χ4n) is 1.51. The lowest BCUT2D eigenvalue weighted by atomic mass is 10.3. The van der Waals surface area contributed by atoms with Gasteiger partial charge in [-0.3, -0.25) is 4.68 Å². The Bertz CT molecular complexity index is 508. The average Bonchev–Trinajstić information content (AvgIpc) is 2.79. The van der Waals surface area contributed by atoms with Crippen LogP contribution in [-0.2, 0) is 6.54 Å². The van der Waals surface area contributed by atoms with Crippen LogP contribution in [0, 0.1) is 3.57 Å². The molecule has 2 heterocycles. The molecule has 5 nitrogen and oxygen atoms in total. The van der Waals surface area contributed by atoms with Crippen LogP contribution >= 0.6 is 22.6 Å². The lowest BCUT2D eigenvalue weighted by Crippen LogP contribution is -1.99. The van der Waals surface area contributed by atoms with Crippen LogP contribution in [0.4, 0.5) is 5.82 Å². The van der Waals surface area contributed by atoms with Crippen LogP contribution in [0.1, 0.15) is 13.3 Å². The quantitative estimate of drug-likeness (QED) is 0.867. The number of aromatic nitrogens is 4. The smallest absolute Gasteiger partial charge is 0.164 e. The molecule has 0 saturated carbocycles. The standard InChI is InChI=1S/C11H14IN5/c1-3-4-17-7-8(5-15-17)10-14-6-9(12)11(13-2)16-10/h5-7H,3-4H2,1-2H3,(H,13,14,16). The third kappa shape index (κ3) is 2.74. The summed E-state index contributed by atoms with van der Waals surface area (Å²) in [6.07, 6.45) is 6.66. The molecule has 17 heavy (non-hydrogen) atoms. The molecule has 0 fully saturated rings. The second kappa shape index (κ2) is 5.44. The number of aryl methyl sites for hydroxylation is 1. The van der Waals surface area contributed by atoms with Gasteiger partial charge >= 0.3 is 0 Å². The number of halogens is 1. The molecule has 90 valence electrons. The molecule has 0 aliphatic rings. The Kier molecular flexibility index (Phi) is 3.93. The van der Waals surface area contributed by atoms with Crippen molar-refractivity contribution in [1.82, 2.24) is 19.7 Å². The Morgan fingerprint density at radius 3 is 2.94 bits per heavy atom. The minimum Gasteiger partial charge on any atom is -0.372 e. The Morgan fingerprint density at radius 1 is 1.41 bits per heavy atom. The molecule has 0 atom stereocenters. The SMILES string of the molecule is CCCn1cc(-c2ncc(I)c(NC)n2)cn1. The van der Waals surface area contributed by atoms with E-state index >= 15 is 0 Å². The van der Waals surface area contributed by atoms with E-state index < -0.39 is 0 Å². The highest BCUT2D eigenvalue weighted by molar-refractivity contribution is 14.1. The molecule has 0 amide bonds. The van der Waals surface area contributed by atoms with Crippen LogP contribution < -0.4 is 5.32 Å². The molecular weight excluding hydrogens is 329 g/mol. The van der Waals surface area contributed by atoms with E-state index in [0.29, 0.717) is 5.82 Å². The van der Waals surface area contributed by atoms with Gasteiger partial charge in [-0.2, -0.15) is 5.10 Å². The molecule has 0 aromatic carbocycles. The lowest BCUT2D eigenvalue weighted by molar-refractivity contribution is 0.603. The number of nitrogens with zero attached hydrogens (tertiary/aromatic N) is 4. The van der Waals surface area contributed by atoms with Crippen LogP contribution in [0.5, 0.6) is 0 Å². The Morgan fingerprint density at radius 2 is 2.24 bits per heavy atom. The minimum atomic E-state index is 0.706. The summed E-state index contributed by atoms with van der Waals surface area (Å²) in [6, 6.07) is 0. The number of hydrogen-bond acceptors (Lipinski definition) is 4. The fourth-order valence-corrected chi connectivity index (χ4v) is 2.04. The molecule has 0 bridgehead atoms. The van der Waals surface area contributed by atoms with E-state index in [2.05, 4.69) is 49.9 Å². The number of rotatable bonds is 4. The summed E-state index contributed by atoms with van der Waals surface area (Å²) in [5.41, 5.74) is 0.950. The number of hydrogen-bond donors (Lipinski definition) is 1. The van der Waals surface area contributed by atoms with Gasteiger partial charge in [-0.05, 0) is 29.0 Å². The van der Waals surface area contributed by atoms with Gasteiger partial charge in [0.2, 0.25) is 0 Å². The number of nitrogens with one attached hydrogen (secondary N) is 1. The predicted octanol–water partition coefficient (Wildman–Crippen LogP) is 2.40. The molecule has 0 radical (unpaired) electrons. The summed E-state index contributed by atoms with van der Waals surface area (Å²) in [6.45, 7) is 3.05. The zero-order chi connectivity index (χ0) is 12.3. The monoisotopic (exact) mass is 343 g/mol. The van der Waals surface area contributed by atoms with Gasteiger partial charge in [0, 0.05) is 26.0 Å². The second-order valence-electron chi connectivity index (χ2n) is 3.63. The second-order valence-corrected chi connectivity index (χ2v) is 4.79. The van der Waals surface area contributed by atoms with Crippen LogP contribution in [0.15, 0.2) is 18.6 Å². The van der Waals surface area contributed by atoms with Crippen LogP contribution in [0.3, 0.4) is 0 Å². The Hall–Kier alpha value is -1.18. The van der Waals surface area contributed by atoms with Crippen LogP contribution in [0.2, 0.25) is 0 Å². The first-order valence-electron chi connectivity index (χ1n) is 5.47. The van der Waals surface area contributed by atoms with E-state index in [1.54, 1.807) is 6.20 Å². The molecule has 0 saturated heterocycles. The van der Waals surface area contributed by atoms with E-state index in [0.717, 1.165) is 27.9 Å². The van der Waals surface area contributed by atoms with E-state index in [4.69, 9.17) is 0 Å². The van der Waals surface area contributed by atoms with Crippen LogP contribution in [0.25, 0.3) is 11.4 Å². The Labute approximate surface area is 114 Å². The summed E-state index contributed by atoms with van der Waals surface area (Å²) in [5.74, 6) is 1.55. The highest BCUT2D eigenvalue weighted by Crippen LogP contribution is 2.19. The average molecular weight is 343 g/mol. The zero-order valence-electron chi connectivity index (χ0n) is 9.81. The molecular formula is C11H14IN5. The largest absolute Gasteiger partial charge is 0.372 e. The highest BCUT2D eigenvalue weighted by atomic mass is 127. The third-order valence-electron chi connectivity index (χ3n) is 2.33. The summed E-state index contributed by atoms with van der Waals surface area (Å²) in [4.78, 5) is 8.77. The van der Waals surface area contributed by atoms with Gasteiger partial charge in [-0.15, -0.1) is 0 Å². The van der Waals surface area contributed by atoms with Crippen molar-refractivity contribution in [1.29, 1.82) is 0 Å². The first-order chi connectivity index (χ1) is 8.24. The molecule has 2 rings (SSSR count). The molecule has 2 aromatic heterocycles. The maximum Gasteiger partial charge on any atom is 0.164 e. The van der Waals surface area contributed by atoms with Gasteiger partial charge in [0.05, 0.1) is 15.3 Å². The summed E-state index contributed by atoms with van der Waals surface area (Å²) in [7, 11) is 1.86. The number of anilines is 1. The minimum absolute atomic E-state index is 0.706. The van der Waals surface area contributed by atoms with Gasteiger partial charge in [-0.1, -0.05) is 6.92 Å². The first-order valence-corrected chi connectivity index (χ1v) is 6.55. The van der Waals surface area contributed by atoms with Crippen molar-refractivity contribution in [2.24, 2.45) is 0 Å².